The summed E-state index contributed by atoms with van der Waals surface area (Å²) in [5.41, 5.74) is 0. The molecule has 1 aliphatic rings. The quantitative estimate of drug-likeness (QED) is 0.644. The first-order chi connectivity index (χ1) is 8.58. The molecule has 0 aromatic heterocycles. The maximum Gasteiger partial charge on any atom is 0.239 e. The smallest absolute Gasteiger partial charge is 0.239 e. The topological polar surface area (TPSA) is 70.2 Å². The highest BCUT2D eigenvalue weighted by Gasteiger charge is 2.16. The number of amides is 2. The van der Waals surface area contributed by atoms with E-state index in [1.807, 2.05) is 13.8 Å². The molecule has 1 unspecified atom stereocenters. The predicted octanol–water partition coefficient (Wildman–Crippen LogP) is 0.407. The van der Waals surface area contributed by atoms with Gasteiger partial charge in [0.2, 0.25) is 11.8 Å². The molecule has 1 fully saturated rings. The van der Waals surface area contributed by atoms with Gasteiger partial charge in [-0.3, -0.25) is 9.59 Å². The minimum atomic E-state index is -0.117. The number of nitrogens with one attached hydrogen (secondary N) is 3. The molecule has 1 heterocycles. The minimum absolute atomic E-state index is 0.0471. The lowest BCUT2D eigenvalue weighted by Gasteiger charge is -2.22. The van der Waals surface area contributed by atoms with Gasteiger partial charge in [-0.05, 0) is 25.3 Å². The molecule has 1 atom stereocenters. The molecule has 0 aromatic carbocycles. The van der Waals surface area contributed by atoms with Gasteiger partial charge in [-0.15, -0.1) is 0 Å². The molecule has 1 aliphatic heterocycles. The van der Waals surface area contributed by atoms with Crippen molar-refractivity contribution in [1.82, 2.24) is 16.0 Å². The molecule has 0 spiro atoms. The number of hydrogen-bond donors (Lipinski definition) is 3. The molecule has 5 heteroatoms. The molecule has 0 radical (unpaired) electrons. The molecule has 1 saturated heterocycles. The van der Waals surface area contributed by atoms with E-state index in [-0.39, 0.29) is 24.4 Å². The van der Waals surface area contributed by atoms with Crippen LogP contribution in [0.4, 0.5) is 0 Å². The maximum atomic E-state index is 11.6. The van der Waals surface area contributed by atoms with Gasteiger partial charge in [-0.1, -0.05) is 20.3 Å². The lowest BCUT2D eigenvalue weighted by molar-refractivity contribution is -0.126. The highest BCUT2D eigenvalue weighted by Crippen LogP contribution is 2.09. The summed E-state index contributed by atoms with van der Waals surface area (Å²) >= 11 is 0. The van der Waals surface area contributed by atoms with Gasteiger partial charge in [0.15, 0.2) is 0 Å². The van der Waals surface area contributed by atoms with Gasteiger partial charge in [-0.25, -0.2) is 0 Å². The van der Waals surface area contributed by atoms with Crippen LogP contribution in [0, 0.1) is 5.92 Å². The summed E-state index contributed by atoms with van der Waals surface area (Å²) in [6, 6.07) is 0.275. The molecule has 0 aliphatic carbocycles. The SMILES string of the molecule is CC(C)CNC(=O)CNC(=O)CC1CCCCN1. The Balaban J connectivity index is 2.10. The zero-order valence-electron chi connectivity index (χ0n) is 11.4. The van der Waals surface area contributed by atoms with Crippen molar-refractivity contribution in [2.75, 3.05) is 19.6 Å². The second-order valence-electron chi connectivity index (χ2n) is 5.33. The van der Waals surface area contributed by atoms with Gasteiger partial charge in [0.1, 0.15) is 0 Å². The first-order valence-electron chi connectivity index (χ1n) is 6.84. The van der Waals surface area contributed by atoms with E-state index >= 15 is 0 Å². The van der Waals surface area contributed by atoms with E-state index in [2.05, 4.69) is 16.0 Å². The van der Waals surface area contributed by atoms with E-state index in [0.717, 1.165) is 13.0 Å². The predicted molar refractivity (Wildman–Crippen MR) is 71.1 cm³/mol. The van der Waals surface area contributed by atoms with Crippen LogP contribution in [0.1, 0.15) is 39.5 Å². The van der Waals surface area contributed by atoms with Crippen molar-refractivity contribution >= 4 is 11.8 Å². The van der Waals surface area contributed by atoms with Crippen LogP contribution in [0.3, 0.4) is 0 Å². The molecule has 0 aromatic rings. The van der Waals surface area contributed by atoms with E-state index in [0.29, 0.717) is 18.9 Å². The molecule has 18 heavy (non-hydrogen) atoms. The van der Waals surface area contributed by atoms with Crippen LogP contribution in [0.15, 0.2) is 0 Å². The monoisotopic (exact) mass is 255 g/mol. The maximum absolute atomic E-state index is 11.6. The molecule has 0 saturated carbocycles. The zero-order valence-corrected chi connectivity index (χ0v) is 11.4. The van der Waals surface area contributed by atoms with E-state index in [9.17, 15) is 9.59 Å². The summed E-state index contributed by atoms with van der Waals surface area (Å²) in [5, 5.41) is 8.75. The Bertz CT molecular complexity index is 273. The van der Waals surface area contributed by atoms with Crippen molar-refractivity contribution in [2.45, 2.75) is 45.6 Å². The molecular weight excluding hydrogens is 230 g/mol. The van der Waals surface area contributed by atoms with Gasteiger partial charge in [0, 0.05) is 19.0 Å². The average molecular weight is 255 g/mol. The Kier molecular flexibility index (Phi) is 6.72. The van der Waals surface area contributed by atoms with Crippen LogP contribution < -0.4 is 16.0 Å². The van der Waals surface area contributed by atoms with E-state index in [4.69, 9.17) is 0 Å². The van der Waals surface area contributed by atoms with E-state index in [1.54, 1.807) is 0 Å². The molecule has 104 valence electrons. The van der Waals surface area contributed by atoms with Crippen molar-refractivity contribution in [3.05, 3.63) is 0 Å². The normalized spacial score (nSPS) is 19.6. The van der Waals surface area contributed by atoms with Crippen LogP contribution in [0.25, 0.3) is 0 Å². The number of hydrogen-bond acceptors (Lipinski definition) is 3. The van der Waals surface area contributed by atoms with Gasteiger partial charge < -0.3 is 16.0 Å². The van der Waals surface area contributed by atoms with Crippen LogP contribution in [-0.4, -0.2) is 37.5 Å². The first kappa shape index (κ1) is 15.0. The fourth-order valence-electron chi connectivity index (χ4n) is 1.95. The Hall–Kier alpha value is -1.10. The van der Waals surface area contributed by atoms with Crippen LogP contribution in [0.5, 0.6) is 0 Å². The van der Waals surface area contributed by atoms with Gasteiger partial charge in [0.05, 0.1) is 6.54 Å². The summed E-state index contributed by atoms with van der Waals surface area (Å²) in [6.45, 7) is 5.80. The Labute approximate surface area is 109 Å². The summed E-state index contributed by atoms with van der Waals surface area (Å²) in [4.78, 5) is 23.0. The summed E-state index contributed by atoms with van der Waals surface area (Å²) < 4.78 is 0. The second-order valence-corrected chi connectivity index (χ2v) is 5.33. The minimum Gasteiger partial charge on any atom is -0.354 e. The largest absolute Gasteiger partial charge is 0.354 e. The van der Waals surface area contributed by atoms with Crippen molar-refractivity contribution in [3.63, 3.8) is 0 Å². The molecule has 5 nitrogen and oxygen atoms in total. The number of rotatable bonds is 6. The van der Waals surface area contributed by atoms with Gasteiger partial charge in [0.25, 0.3) is 0 Å². The third-order valence-electron chi connectivity index (χ3n) is 3.00. The number of carbonyl (C=O) groups excluding carboxylic acids is 2. The highest BCUT2D eigenvalue weighted by atomic mass is 16.2. The molecule has 2 amide bonds. The fourth-order valence-corrected chi connectivity index (χ4v) is 1.95. The summed E-state index contributed by atoms with van der Waals surface area (Å²) in [5.74, 6) is 0.263. The van der Waals surface area contributed by atoms with Crippen LogP contribution in [0.2, 0.25) is 0 Å². The Morgan fingerprint density at radius 2 is 2.00 bits per heavy atom. The zero-order chi connectivity index (χ0) is 13.4. The van der Waals surface area contributed by atoms with Gasteiger partial charge in [-0.2, -0.15) is 0 Å². The summed E-state index contributed by atoms with van der Waals surface area (Å²) in [7, 11) is 0. The van der Waals surface area contributed by atoms with Crippen molar-refractivity contribution in [1.29, 1.82) is 0 Å². The van der Waals surface area contributed by atoms with Crippen LogP contribution in [-0.2, 0) is 9.59 Å². The van der Waals surface area contributed by atoms with Crippen molar-refractivity contribution < 1.29 is 9.59 Å². The average Bonchev–Trinajstić information content (AvgIpc) is 2.35. The van der Waals surface area contributed by atoms with Gasteiger partial charge >= 0.3 is 0 Å². The summed E-state index contributed by atoms with van der Waals surface area (Å²) in [6.07, 6.45) is 3.89. The lowest BCUT2D eigenvalue weighted by atomic mass is 10.0. The molecule has 0 bridgehead atoms. The van der Waals surface area contributed by atoms with Crippen LogP contribution >= 0.6 is 0 Å². The molecule has 3 N–H and O–H groups in total. The Morgan fingerprint density at radius 1 is 1.22 bits per heavy atom. The number of piperidine rings is 1. The second kappa shape index (κ2) is 8.08. The molecule has 1 rings (SSSR count). The first-order valence-corrected chi connectivity index (χ1v) is 6.84. The van der Waals surface area contributed by atoms with Crippen molar-refractivity contribution in [3.8, 4) is 0 Å². The third-order valence-corrected chi connectivity index (χ3v) is 3.00. The van der Waals surface area contributed by atoms with E-state index < -0.39 is 0 Å². The molecular formula is C13H25N3O2. The van der Waals surface area contributed by atoms with Crippen molar-refractivity contribution in [2.24, 2.45) is 5.92 Å². The third kappa shape index (κ3) is 6.59. The lowest BCUT2D eigenvalue weighted by Crippen LogP contribution is -2.42. The Morgan fingerprint density at radius 3 is 2.61 bits per heavy atom. The van der Waals surface area contributed by atoms with E-state index in [1.165, 1.54) is 12.8 Å². The number of carbonyl (C=O) groups is 2. The highest BCUT2D eigenvalue weighted by molar-refractivity contribution is 5.84. The standard InChI is InChI=1S/C13H25N3O2/c1-10(2)8-15-13(18)9-16-12(17)7-11-5-3-4-6-14-11/h10-11,14H,3-9H2,1-2H3,(H,15,18)(H,16,17). The fraction of sp³-hybridized carbons (Fsp3) is 0.846.